The second kappa shape index (κ2) is 7.85. The van der Waals surface area contributed by atoms with Crippen molar-refractivity contribution in [3.63, 3.8) is 0 Å². The molecule has 7 heteroatoms. The van der Waals surface area contributed by atoms with E-state index in [1.807, 2.05) is 6.92 Å². The summed E-state index contributed by atoms with van der Waals surface area (Å²) in [6.07, 6.45) is 1.47. The van der Waals surface area contributed by atoms with Crippen LogP contribution < -0.4 is 5.32 Å². The zero-order valence-corrected chi connectivity index (χ0v) is 13.0. The highest BCUT2D eigenvalue weighted by Gasteiger charge is 2.27. The largest absolute Gasteiger partial charge is 0.481 e. The topological polar surface area (TPSA) is 90.0 Å². The summed E-state index contributed by atoms with van der Waals surface area (Å²) in [5, 5.41) is 11.8. The standard InChI is InChI=1S/C14H25N3O4/c1-4-16(9-10(2)13(19)20)14(21)17-7-5-12(6-8-17)15-11(3)18/h10,12H,4-9H2,1-3H3,(H,15,18)(H,19,20). The number of hydrogen-bond donors (Lipinski definition) is 2. The molecule has 7 nitrogen and oxygen atoms in total. The first kappa shape index (κ1) is 17.3. The number of rotatable bonds is 5. The number of amides is 3. The maximum absolute atomic E-state index is 12.4. The molecule has 2 N–H and O–H groups in total. The number of nitrogens with one attached hydrogen (secondary N) is 1. The van der Waals surface area contributed by atoms with Crippen molar-refractivity contribution < 1.29 is 19.5 Å². The average Bonchev–Trinajstić information content (AvgIpc) is 2.43. The van der Waals surface area contributed by atoms with Crippen LogP contribution in [0.4, 0.5) is 4.79 Å². The molecular weight excluding hydrogens is 274 g/mol. The summed E-state index contributed by atoms with van der Waals surface area (Å²) in [5.74, 6) is -1.53. The molecule has 1 saturated heterocycles. The van der Waals surface area contributed by atoms with Crippen molar-refractivity contribution in [3.05, 3.63) is 0 Å². The summed E-state index contributed by atoms with van der Waals surface area (Å²) >= 11 is 0. The number of likely N-dealkylation sites (tertiary alicyclic amines) is 1. The minimum absolute atomic E-state index is 0.0507. The van der Waals surface area contributed by atoms with Crippen molar-refractivity contribution in [3.8, 4) is 0 Å². The van der Waals surface area contributed by atoms with Gasteiger partial charge in [0.1, 0.15) is 0 Å². The van der Waals surface area contributed by atoms with Gasteiger partial charge < -0.3 is 20.2 Å². The molecule has 0 aromatic heterocycles. The molecule has 1 rings (SSSR count). The number of piperidine rings is 1. The summed E-state index contributed by atoms with van der Waals surface area (Å²) in [5.41, 5.74) is 0. The maximum atomic E-state index is 12.4. The first-order valence-corrected chi connectivity index (χ1v) is 7.38. The van der Waals surface area contributed by atoms with Gasteiger partial charge in [0.15, 0.2) is 0 Å². The van der Waals surface area contributed by atoms with Crippen molar-refractivity contribution in [2.75, 3.05) is 26.2 Å². The van der Waals surface area contributed by atoms with Gasteiger partial charge in [0.2, 0.25) is 5.91 Å². The van der Waals surface area contributed by atoms with Crippen LogP contribution >= 0.6 is 0 Å². The number of hydrogen-bond acceptors (Lipinski definition) is 3. The number of carboxylic acid groups (broad SMARTS) is 1. The summed E-state index contributed by atoms with van der Waals surface area (Å²) < 4.78 is 0. The van der Waals surface area contributed by atoms with Crippen molar-refractivity contribution in [2.45, 2.75) is 39.7 Å². The van der Waals surface area contributed by atoms with E-state index in [1.54, 1.807) is 16.7 Å². The lowest BCUT2D eigenvalue weighted by Crippen LogP contribution is -2.51. The Morgan fingerprint density at radius 2 is 1.90 bits per heavy atom. The van der Waals surface area contributed by atoms with Gasteiger partial charge in [-0.25, -0.2) is 4.79 Å². The Morgan fingerprint density at radius 1 is 1.33 bits per heavy atom. The number of nitrogens with zero attached hydrogens (tertiary/aromatic N) is 2. The Hall–Kier alpha value is -1.79. The molecular formula is C14H25N3O4. The highest BCUT2D eigenvalue weighted by atomic mass is 16.4. The number of carbonyl (C=O) groups excluding carboxylic acids is 2. The van der Waals surface area contributed by atoms with Gasteiger partial charge in [-0.2, -0.15) is 0 Å². The zero-order valence-electron chi connectivity index (χ0n) is 13.0. The third kappa shape index (κ3) is 5.24. The van der Waals surface area contributed by atoms with Crippen LogP contribution in [0.3, 0.4) is 0 Å². The van der Waals surface area contributed by atoms with E-state index in [0.717, 1.165) is 12.8 Å². The Bertz CT molecular complexity index is 392. The third-order valence-electron chi connectivity index (χ3n) is 3.74. The summed E-state index contributed by atoms with van der Waals surface area (Å²) in [6, 6.07) is 0.00597. The van der Waals surface area contributed by atoms with E-state index in [1.165, 1.54) is 6.92 Å². The van der Waals surface area contributed by atoms with Crippen LogP contribution in [-0.4, -0.2) is 65.0 Å². The molecule has 120 valence electrons. The van der Waals surface area contributed by atoms with Gasteiger partial charge in [-0.1, -0.05) is 6.92 Å². The fourth-order valence-electron chi connectivity index (χ4n) is 2.45. The van der Waals surface area contributed by atoms with Gasteiger partial charge in [0, 0.05) is 39.1 Å². The zero-order chi connectivity index (χ0) is 16.0. The van der Waals surface area contributed by atoms with Crippen LogP contribution in [0.5, 0.6) is 0 Å². The number of carboxylic acids is 1. The van der Waals surface area contributed by atoms with Crippen LogP contribution in [0, 0.1) is 5.92 Å². The van der Waals surface area contributed by atoms with E-state index in [0.29, 0.717) is 19.6 Å². The predicted octanol–water partition coefficient (Wildman–Crippen LogP) is 0.750. The van der Waals surface area contributed by atoms with Gasteiger partial charge in [-0.15, -0.1) is 0 Å². The molecule has 1 unspecified atom stereocenters. The molecule has 21 heavy (non-hydrogen) atoms. The van der Waals surface area contributed by atoms with Gasteiger partial charge in [-0.3, -0.25) is 9.59 Å². The number of carbonyl (C=O) groups is 3. The molecule has 1 aliphatic rings. The van der Waals surface area contributed by atoms with Crippen LogP contribution in [0.2, 0.25) is 0 Å². The second-order valence-corrected chi connectivity index (χ2v) is 5.52. The summed E-state index contributed by atoms with van der Waals surface area (Å²) in [6.45, 7) is 6.81. The van der Waals surface area contributed by atoms with Gasteiger partial charge in [-0.05, 0) is 19.8 Å². The molecule has 0 aromatic carbocycles. The molecule has 0 aliphatic carbocycles. The molecule has 0 saturated carbocycles. The number of urea groups is 1. The maximum Gasteiger partial charge on any atom is 0.320 e. The molecule has 1 aliphatic heterocycles. The van der Waals surface area contributed by atoms with Crippen LogP contribution in [0.25, 0.3) is 0 Å². The predicted molar refractivity (Wildman–Crippen MR) is 77.9 cm³/mol. The van der Waals surface area contributed by atoms with Gasteiger partial charge >= 0.3 is 12.0 Å². The Morgan fingerprint density at radius 3 is 2.33 bits per heavy atom. The van der Waals surface area contributed by atoms with Crippen LogP contribution in [-0.2, 0) is 9.59 Å². The van der Waals surface area contributed by atoms with Crippen molar-refractivity contribution in [2.24, 2.45) is 5.92 Å². The second-order valence-electron chi connectivity index (χ2n) is 5.52. The smallest absolute Gasteiger partial charge is 0.320 e. The number of aliphatic carboxylic acids is 1. The quantitative estimate of drug-likeness (QED) is 0.784. The fraction of sp³-hybridized carbons (Fsp3) is 0.786. The van der Waals surface area contributed by atoms with E-state index < -0.39 is 11.9 Å². The molecule has 0 bridgehead atoms. The molecule has 1 fully saturated rings. The van der Waals surface area contributed by atoms with Crippen LogP contribution in [0.1, 0.15) is 33.6 Å². The summed E-state index contributed by atoms with van der Waals surface area (Å²) in [7, 11) is 0. The van der Waals surface area contributed by atoms with Crippen molar-refractivity contribution in [1.82, 2.24) is 15.1 Å². The Kier molecular flexibility index (Phi) is 6.45. The van der Waals surface area contributed by atoms with Gasteiger partial charge in [0.05, 0.1) is 5.92 Å². The highest BCUT2D eigenvalue weighted by Crippen LogP contribution is 2.13. The summed E-state index contributed by atoms with van der Waals surface area (Å²) in [4.78, 5) is 37.6. The SMILES string of the molecule is CCN(CC(C)C(=O)O)C(=O)N1CCC(NC(C)=O)CC1. The molecule has 0 spiro atoms. The van der Waals surface area contributed by atoms with Gasteiger partial charge in [0.25, 0.3) is 0 Å². The third-order valence-corrected chi connectivity index (χ3v) is 3.74. The minimum Gasteiger partial charge on any atom is -0.481 e. The van der Waals surface area contributed by atoms with Crippen molar-refractivity contribution >= 4 is 17.9 Å². The monoisotopic (exact) mass is 299 g/mol. The molecule has 0 radical (unpaired) electrons. The fourth-order valence-corrected chi connectivity index (χ4v) is 2.45. The first-order chi connectivity index (χ1) is 9.85. The normalized spacial score (nSPS) is 17.2. The average molecular weight is 299 g/mol. The lowest BCUT2D eigenvalue weighted by atomic mass is 10.1. The first-order valence-electron chi connectivity index (χ1n) is 7.38. The lowest BCUT2D eigenvalue weighted by molar-refractivity contribution is -0.141. The van der Waals surface area contributed by atoms with E-state index in [-0.39, 0.29) is 24.5 Å². The van der Waals surface area contributed by atoms with E-state index in [4.69, 9.17) is 5.11 Å². The Labute approximate surface area is 125 Å². The minimum atomic E-state index is -0.898. The molecule has 0 aromatic rings. The molecule has 1 heterocycles. The highest BCUT2D eigenvalue weighted by molar-refractivity contribution is 5.76. The van der Waals surface area contributed by atoms with E-state index in [9.17, 15) is 14.4 Å². The molecule has 1 atom stereocenters. The van der Waals surface area contributed by atoms with Crippen LogP contribution in [0.15, 0.2) is 0 Å². The Balaban J connectivity index is 2.51. The van der Waals surface area contributed by atoms with E-state index in [2.05, 4.69) is 5.32 Å². The molecule has 3 amide bonds. The van der Waals surface area contributed by atoms with E-state index >= 15 is 0 Å². The van der Waals surface area contributed by atoms with Crippen molar-refractivity contribution in [1.29, 1.82) is 0 Å². The lowest BCUT2D eigenvalue weighted by Gasteiger charge is -2.36.